The van der Waals surface area contributed by atoms with E-state index in [2.05, 4.69) is 65.9 Å². The first-order valence-corrected chi connectivity index (χ1v) is 9.16. The normalized spacial score (nSPS) is 11.8. The van der Waals surface area contributed by atoms with Gasteiger partial charge in [0.1, 0.15) is 0 Å². The monoisotopic (exact) mass is 361 g/mol. The topological polar surface area (TPSA) is 37.0 Å². The summed E-state index contributed by atoms with van der Waals surface area (Å²) in [5.41, 5.74) is 4.56. The molecule has 4 heteroatoms. The highest BCUT2D eigenvalue weighted by Gasteiger charge is 2.15. The molecule has 1 aromatic heterocycles. The van der Waals surface area contributed by atoms with Crippen molar-refractivity contribution in [1.29, 1.82) is 0 Å². The van der Waals surface area contributed by atoms with Gasteiger partial charge >= 0.3 is 0 Å². The molecule has 0 bridgehead atoms. The van der Waals surface area contributed by atoms with E-state index in [0.29, 0.717) is 11.0 Å². The van der Waals surface area contributed by atoms with Crippen molar-refractivity contribution < 1.29 is 0 Å². The van der Waals surface area contributed by atoms with E-state index in [1.54, 1.807) is 12.4 Å². The first-order chi connectivity index (χ1) is 12.6. The first kappa shape index (κ1) is 18.1. The Bertz CT molecular complexity index is 791. The Labute approximate surface area is 160 Å². The summed E-state index contributed by atoms with van der Waals surface area (Å²) >= 11 is 5.56. The second-order valence-electron chi connectivity index (χ2n) is 6.50. The molecule has 132 valence electrons. The lowest BCUT2D eigenvalue weighted by Gasteiger charge is -2.22. The summed E-state index contributed by atoms with van der Waals surface area (Å²) in [7, 11) is 0. The minimum absolute atomic E-state index is 0.0332. The van der Waals surface area contributed by atoms with E-state index in [0.717, 1.165) is 16.8 Å². The smallest absolute Gasteiger partial charge is 0.171 e. The molecule has 0 saturated carbocycles. The van der Waals surface area contributed by atoms with Gasteiger partial charge in [-0.3, -0.25) is 4.98 Å². The lowest BCUT2D eigenvalue weighted by atomic mass is 10.00. The second-order valence-corrected chi connectivity index (χ2v) is 6.91. The number of nitrogens with zero attached hydrogens (tertiary/aromatic N) is 1. The van der Waals surface area contributed by atoms with Gasteiger partial charge in [0.15, 0.2) is 5.11 Å². The van der Waals surface area contributed by atoms with E-state index in [4.69, 9.17) is 12.2 Å². The molecule has 3 rings (SSSR count). The van der Waals surface area contributed by atoms with Gasteiger partial charge in [0.25, 0.3) is 0 Å². The van der Waals surface area contributed by atoms with Gasteiger partial charge in [-0.25, -0.2) is 0 Å². The summed E-state index contributed by atoms with van der Waals surface area (Å²) in [6.45, 7) is 4.38. The first-order valence-electron chi connectivity index (χ1n) is 8.76. The van der Waals surface area contributed by atoms with Gasteiger partial charge in [-0.05, 0) is 59.1 Å². The molecular weight excluding hydrogens is 338 g/mol. The highest BCUT2D eigenvalue weighted by Crippen LogP contribution is 2.22. The van der Waals surface area contributed by atoms with Crippen molar-refractivity contribution in [2.45, 2.75) is 25.8 Å². The Morgan fingerprint density at radius 1 is 0.808 bits per heavy atom. The maximum absolute atomic E-state index is 5.56. The van der Waals surface area contributed by atoms with E-state index in [-0.39, 0.29) is 6.04 Å². The van der Waals surface area contributed by atoms with Crippen molar-refractivity contribution in [3.63, 3.8) is 0 Å². The Morgan fingerprint density at radius 3 is 2.04 bits per heavy atom. The van der Waals surface area contributed by atoms with E-state index < -0.39 is 0 Å². The molecule has 0 spiro atoms. The van der Waals surface area contributed by atoms with Gasteiger partial charge in [-0.15, -0.1) is 0 Å². The predicted molar refractivity (Wildman–Crippen MR) is 112 cm³/mol. The molecule has 0 amide bonds. The van der Waals surface area contributed by atoms with Crippen LogP contribution in [0.2, 0.25) is 0 Å². The quantitative estimate of drug-likeness (QED) is 0.606. The third-order valence-corrected chi connectivity index (χ3v) is 4.50. The van der Waals surface area contributed by atoms with Crippen LogP contribution in [0.25, 0.3) is 0 Å². The lowest BCUT2D eigenvalue weighted by molar-refractivity contribution is 0.767. The van der Waals surface area contributed by atoms with Crippen molar-refractivity contribution in [2.24, 2.45) is 0 Å². The zero-order valence-corrected chi connectivity index (χ0v) is 15.8. The van der Waals surface area contributed by atoms with Gasteiger partial charge in [0.2, 0.25) is 0 Å². The largest absolute Gasteiger partial charge is 0.352 e. The molecule has 1 atom stereocenters. The third-order valence-electron chi connectivity index (χ3n) is 4.28. The van der Waals surface area contributed by atoms with Crippen LogP contribution in [0.3, 0.4) is 0 Å². The highest BCUT2D eigenvalue weighted by molar-refractivity contribution is 7.80. The number of thiocarbonyl (C=S) groups is 1. The number of hydrogen-bond donors (Lipinski definition) is 2. The Hall–Kier alpha value is -2.72. The molecule has 0 aliphatic heterocycles. The molecule has 0 unspecified atom stereocenters. The van der Waals surface area contributed by atoms with Crippen LogP contribution >= 0.6 is 12.2 Å². The average molecular weight is 362 g/mol. The molecule has 0 aliphatic carbocycles. The number of benzene rings is 2. The predicted octanol–water partition coefficient (Wildman–Crippen LogP) is 5.28. The molecule has 0 aliphatic rings. The van der Waals surface area contributed by atoms with Gasteiger partial charge in [-0.2, -0.15) is 0 Å². The summed E-state index contributed by atoms with van der Waals surface area (Å²) in [6, 6.07) is 22.6. The number of pyridine rings is 1. The highest BCUT2D eigenvalue weighted by atomic mass is 32.1. The van der Waals surface area contributed by atoms with Crippen molar-refractivity contribution in [3.05, 3.63) is 95.8 Å². The van der Waals surface area contributed by atoms with Gasteiger partial charge in [0, 0.05) is 18.1 Å². The molecule has 1 heterocycles. The van der Waals surface area contributed by atoms with Gasteiger partial charge in [0.05, 0.1) is 6.04 Å². The summed E-state index contributed by atoms with van der Waals surface area (Å²) in [5.74, 6) is 0.517. The average Bonchev–Trinajstić information content (AvgIpc) is 2.68. The van der Waals surface area contributed by atoms with E-state index in [1.165, 1.54) is 5.56 Å². The number of hydrogen-bond acceptors (Lipinski definition) is 2. The van der Waals surface area contributed by atoms with Crippen LogP contribution in [0.5, 0.6) is 0 Å². The van der Waals surface area contributed by atoms with Crippen LogP contribution < -0.4 is 10.6 Å². The summed E-state index contributed by atoms with van der Waals surface area (Å²) in [4.78, 5) is 4.11. The maximum atomic E-state index is 5.56. The minimum atomic E-state index is -0.0332. The lowest BCUT2D eigenvalue weighted by Crippen LogP contribution is -2.33. The maximum Gasteiger partial charge on any atom is 0.171 e. The van der Waals surface area contributed by atoms with Crippen LogP contribution in [-0.2, 0) is 0 Å². The summed E-state index contributed by atoms with van der Waals surface area (Å²) in [5, 5.41) is 7.30. The molecule has 0 saturated heterocycles. The molecule has 3 aromatic rings. The van der Waals surface area contributed by atoms with Gasteiger partial charge in [-0.1, -0.05) is 56.3 Å². The molecule has 3 nitrogen and oxygen atoms in total. The SMILES string of the molecule is CC(C)c1ccc(NC(=S)N[C@H](c2ccccc2)c2ccncc2)cc1. The van der Waals surface area contributed by atoms with Crippen molar-refractivity contribution in [2.75, 3.05) is 5.32 Å². The standard InChI is InChI=1S/C22H23N3S/c1-16(2)17-8-10-20(11-9-17)24-22(26)25-21(18-6-4-3-5-7-18)19-12-14-23-15-13-19/h3-16,21H,1-2H3,(H2,24,25,26)/t21-/m1/s1. The van der Waals surface area contributed by atoms with Crippen molar-refractivity contribution in [1.82, 2.24) is 10.3 Å². The fourth-order valence-corrected chi connectivity index (χ4v) is 3.05. The number of aromatic nitrogens is 1. The summed E-state index contributed by atoms with van der Waals surface area (Å²) < 4.78 is 0. The Kier molecular flexibility index (Phi) is 5.97. The molecule has 2 N–H and O–H groups in total. The Balaban J connectivity index is 1.75. The minimum Gasteiger partial charge on any atom is -0.352 e. The Morgan fingerprint density at radius 2 is 1.42 bits per heavy atom. The molecular formula is C22H23N3S. The number of nitrogens with one attached hydrogen (secondary N) is 2. The van der Waals surface area contributed by atoms with Crippen LogP contribution in [0.15, 0.2) is 79.1 Å². The number of anilines is 1. The van der Waals surface area contributed by atoms with E-state index in [1.807, 2.05) is 30.3 Å². The van der Waals surface area contributed by atoms with E-state index >= 15 is 0 Å². The van der Waals surface area contributed by atoms with Crippen LogP contribution in [0.1, 0.15) is 42.5 Å². The van der Waals surface area contributed by atoms with E-state index in [9.17, 15) is 0 Å². The molecule has 0 radical (unpaired) electrons. The van der Waals surface area contributed by atoms with Crippen LogP contribution in [0, 0.1) is 0 Å². The third kappa shape index (κ3) is 4.67. The van der Waals surface area contributed by atoms with Crippen molar-refractivity contribution in [3.8, 4) is 0 Å². The van der Waals surface area contributed by atoms with Gasteiger partial charge < -0.3 is 10.6 Å². The molecule has 2 aromatic carbocycles. The molecule has 26 heavy (non-hydrogen) atoms. The van der Waals surface area contributed by atoms with Crippen LogP contribution in [0.4, 0.5) is 5.69 Å². The molecule has 0 fully saturated rings. The number of rotatable bonds is 5. The summed E-state index contributed by atoms with van der Waals surface area (Å²) in [6.07, 6.45) is 3.60. The second kappa shape index (κ2) is 8.59. The fraction of sp³-hybridized carbons (Fsp3) is 0.182. The van der Waals surface area contributed by atoms with Crippen LogP contribution in [-0.4, -0.2) is 10.1 Å². The fourth-order valence-electron chi connectivity index (χ4n) is 2.81. The zero-order chi connectivity index (χ0) is 18.4. The zero-order valence-electron chi connectivity index (χ0n) is 15.0. The van der Waals surface area contributed by atoms with Crippen molar-refractivity contribution >= 4 is 23.0 Å².